The fourth-order valence-corrected chi connectivity index (χ4v) is 3.81. The van der Waals surface area contributed by atoms with E-state index in [4.69, 9.17) is 5.11 Å². The van der Waals surface area contributed by atoms with E-state index < -0.39 is 0 Å². The second kappa shape index (κ2) is 13.7. The van der Waals surface area contributed by atoms with Gasteiger partial charge < -0.3 is 10.2 Å². The van der Waals surface area contributed by atoms with Crippen molar-refractivity contribution in [1.82, 2.24) is 4.90 Å². The van der Waals surface area contributed by atoms with Gasteiger partial charge in [0.1, 0.15) is 0 Å². The Labute approximate surface area is 181 Å². The third kappa shape index (κ3) is 7.75. The van der Waals surface area contributed by atoms with E-state index in [1.165, 1.54) is 22.3 Å². The molecule has 0 heterocycles. The van der Waals surface area contributed by atoms with Crippen molar-refractivity contribution in [2.75, 3.05) is 26.8 Å². The summed E-state index contributed by atoms with van der Waals surface area (Å²) >= 11 is 0. The van der Waals surface area contributed by atoms with Crippen molar-refractivity contribution in [3.63, 3.8) is 0 Å². The third-order valence-electron chi connectivity index (χ3n) is 5.46. The van der Waals surface area contributed by atoms with Crippen LogP contribution in [-0.2, 0) is 13.0 Å². The zero-order chi connectivity index (χ0) is 21.6. The largest absolute Gasteiger partial charge is 0.400 e. The van der Waals surface area contributed by atoms with Crippen LogP contribution in [0, 0.1) is 6.92 Å². The van der Waals surface area contributed by atoms with Gasteiger partial charge in [0, 0.05) is 20.2 Å². The van der Waals surface area contributed by atoms with Gasteiger partial charge in [-0.05, 0) is 54.5 Å². The lowest BCUT2D eigenvalue weighted by Gasteiger charge is -2.25. The normalized spacial score (nSPS) is 11.6. The molecule has 0 radical (unpaired) electrons. The number of aliphatic hydroxyl groups excluding tert-OH is 2. The van der Waals surface area contributed by atoms with Crippen LogP contribution in [0.25, 0.3) is 0 Å². The number of hydrogen-bond donors (Lipinski definition) is 2. The molecule has 0 fully saturated rings. The van der Waals surface area contributed by atoms with Gasteiger partial charge in [0.2, 0.25) is 0 Å². The average molecular weight is 406 g/mol. The standard InChI is InChI=1S/C26H31NO.CH4O/c1-22-10-8-9-15-25(22)20-26(24-13-6-3-7-14-24)16-17-27(18-19-28)21-23-11-4-2-5-12-23;1-2/h2-15,26,28H,16-21H2,1H3;2H,1H3/t26-;/m0./s1. The molecule has 0 unspecified atom stereocenters. The van der Waals surface area contributed by atoms with Gasteiger partial charge in [-0.3, -0.25) is 4.90 Å². The van der Waals surface area contributed by atoms with E-state index in [0.717, 1.165) is 33.0 Å². The molecule has 3 heteroatoms. The van der Waals surface area contributed by atoms with Gasteiger partial charge in [0.25, 0.3) is 0 Å². The molecule has 30 heavy (non-hydrogen) atoms. The summed E-state index contributed by atoms with van der Waals surface area (Å²) in [6.45, 7) is 4.96. The molecule has 160 valence electrons. The van der Waals surface area contributed by atoms with Crippen molar-refractivity contribution in [3.05, 3.63) is 107 Å². The van der Waals surface area contributed by atoms with Gasteiger partial charge >= 0.3 is 0 Å². The molecule has 3 aromatic rings. The molecule has 0 amide bonds. The lowest BCUT2D eigenvalue weighted by atomic mass is 9.87. The Morgan fingerprint density at radius 2 is 1.37 bits per heavy atom. The molecule has 0 saturated carbocycles. The first-order valence-corrected chi connectivity index (χ1v) is 10.7. The lowest BCUT2D eigenvalue weighted by Crippen LogP contribution is -2.29. The Bertz CT molecular complexity index is 821. The summed E-state index contributed by atoms with van der Waals surface area (Å²) in [5, 5.41) is 16.5. The molecule has 0 saturated heterocycles. The summed E-state index contributed by atoms with van der Waals surface area (Å²) in [6, 6.07) is 30.1. The molecular weight excluding hydrogens is 370 g/mol. The third-order valence-corrected chi connectivity index (χ3v) is 5.46. The predicted octanol–water partition coefficient (Wildman–Crippen LogP) is 4.81. The maximum atomic E-state index is 9.53. The van der Waals surface area contributed by atoms with Gasteiger partial charge in [0.05, 0.1) is 6.61 Å². The Hall–Kier alpha value is -2.46. The van der Waals surface area contributed by atoms with Crippen LogP contribution in [0.1, 0.15) is 34.6 Å². The van der Waals surface area contributed by atoms with Crippen LogP contribution in [0.3, 0.4) is 0 Å². The highest BCUT2D eigenvalue weighted by atomic mass is 16.3. The first-order valence-electron chi connectivity index (χ1n) is 10.7. The van der Waals surface area contributed by atoms with E-state index >= 15 is 0 Å². The van der Waals surface area contributed by atoms with Gasteiger partial charge in [-0.2, -0.15) is 0 Å². The van der Waals surface area contributed by atoms with Crippen molar-refractivity contribution in [3.8, 4) is 0 Å². The second-order valence-corrected chi connectivity index (χ2v) is 7.51. The molecule has 0 spiro atoms. The molecule has 0 bridgehead atoms. The van der Waals surface area contributed by atoms with Crippen molar-refractivity contribution in [2.45, 2.75) is 32.2 Å². The monoisotopic (exact) mass is 405 g/mol. The summed E-state index contributed by atoms with van der Waals surface area (Å²) in [4.78, 5) is 2.36. The van der Waals surface area contributed by atoms with E-state index in [2.05, 4.69) is 90.7 Å². The van der Waals surface area contributed by atoms with Crippen LogP contribution in [0.15, 0.2) is 84.9 Å². The van der Waals surface area contributed by atoms with E-state index in [-0.39, 0.29) is 6.61 Å². The summed E-state index contributed by atoms with van der Waals surface area (Å²) < 4.78 is 0. The van der Waals surface area contributed by atoms with Crippen LogP contribution < -0.4 is 0 Å². The smallest absolute Gasteiger partial charge is 0.0558 e. The van der Waals surface area contributed by atoms with E-state index in [1.807, 2.05) is 6.07 Å². The lowest BCUT2D eigenvalue weighted by molar-refractivity contribution is 0.185. The zero-order valence-electron chi connectivity index (χ0n) is 18.2. The van der Waals surface area contributed by atoms with Gasteiger partial charge in [-0.1, -0.05) is 84.9 Å². The first kappa shape index (κ1) is 23.8. The minimum absolute atomic E-state index is 0.195. The van der Waals surface area contributed by atoms with Crippen molar-refractivity contribution >= 4 is 0 Å². The van der Waals surface area contributed by atoms with Crippen LogP contribution in [0.4, 0.5) is 0 Å². The number of hydrogen-bond acceptors (Lipinski definition) is 3. The molecule has 3 rings (SSSR count). The van der Waals surface area contributed by atoms with Crippen LogP contribution in [-0.4, -0.2) is 41.9 Å². The molecule has 0 aliphatic rings. The second-order valence-electron chi connectivity index (χ2n) is 7.51. The van der Waals surface area contributed by atoms with Crippen molar-refractivity contribution < 1.29 is 10.2 Å². The Kier molecular flexibility index (Phi) is 10.9. The molecule has 0 aliphatic carbocycles. The summed E-state index contributed by atoms with van der Waals surface area (Å²) in [6.07, 6.45) is 2.13. The molecule has 2 N–H and O–H groups in total. The highest BCUT2D eigenvalue weighted by molar-refractivity contribution is 5.29. The fourth-order valence-electron chi connectivity index (χ4n) is 3.81. The minimum Gasteiger partial charge on any atom is -0.400 e. The maximum Gasteiger partial charge on any atom is 0.0558 e. The topological polar surface area (TPSA) is 43.7 Å². The van der Waals surface area contributed by atoms with E-state index in [9.17, 15) is 5.11 Å². The van der Waals surface area contributed by atoms with Crippen molar-refractivity contribution in [1.29, 1.82) is 0 Å². The Morgan fingerprint density at radius 1 is 0.767 bits per heavy atom. The Balaban J connectivity index is 0.00000155. The summed E-state index contributed by atoms with van der Waals surface area (Å²) in [5.41, 5.74) is 5.48. The molecule has 1 atom stereocenters. The van der Waals surface area contributed by atoms with Crippen molar-refractivity contribution in [2.24, 2.45) is 0 Å². The molecular formula is C27H35NO2. The SMILES string of the molecule is CO.Cc1ccccc1C[C@H](CCN(CCO)Cc1ccccc1)c1ccccc1. The first-order chi connectivity index (χ1) is 14.8. The maximum absolute atomic E-state index is 9.53. The number of nitrogens with zero attached hydrogens (tertiary/aromatic N) is 1. The predicted molar refractivity (Wildman–Crippen MR) is 126 cm³/mol. The molecule has 0 aromatic heterocycles. The number of aryl methyl sites for hydroxylation is 1. The van der Waals surface area contributed by atoms with Crippen LogP contribution in [0.5, 0.6) is 0 Å². The molecule has 0 aliphatic heterocycles. The highest BCUT2D eigenvalue weighted by Crippen LogP contribution is 2.26. The van der Waals surface area contributed by atoms with Gasteiger partial charge in [0.15, 0.2) is 0 Å². The van der Waals surface area contributed by atoms with Gasteiger partial charge in [-0.15, -0.1) is 0 Å². The molecule has 3 aromatic carbocycles. The number of rotatable bonds is 10. The molecule has 3 nitrogen and oxygen atoms in total. The van der Waals surface area contributed by atoms with E-state index in [1.54, 1.807) is 0 Å². The summed E-state index contributed by atoms with van der Waals surface area (Å²) in [7, 11) is 1.00. The van der Waals surface area contributed by atoms with Crippen LogP contribution in [0.2, 0.25) is 0 Å². The van der Waals surface area contributed by atoms with Crippen LogP contribution >= 0.6 is 0 Å². The quantitative estimate of drug-likeness (QED) is 0.508. The highest BCUT2D eigenvalue weighted by Gasteiger charge is 2.16. The Morgan fingerprint density at radius 3 is 2.00 bits per heavy atom. The van der Waals surface area contributed by atoms with Gasteiger partial charge in [-0.25, -0.2) is 0 Å². The zero-order valence-corrected chi connectivity index (χ0v) is 18.2. The van der Waals surface area contributed by atoms with E-state index in [0.29, 0.717) is 12.5 Å². The minimum atomic E-state index is 0.195. The number of benzene rings is 3. The fraction of sp³-hybridized carbons (Fsp3) is 0.333. The average Bonchev–Trinajstić information content (AvgIpc) is 2.80. The number of aliphatic hydroxyl groups is 2. The summed E-state index contributed by atoms with van der Waals surface area (Å²) in [5.74, 6) is 0.472.